The summed E-state index contributed by atoms with van der Waals surface area (Å²) in [7, 11) is 0. The second-order valence-corrected chi connectivity index (χ2v) is 22.1. The Morgan fingerprint density at radius 1 is 0.232 bits per heavy atom. The number of para-hydroxylation sites is 1. The van der Waals surface area contributed by atoms with Crippen molar-refractivity contribution in [2.45, 2.75) is 26.2 Å². The van der Waals surface area contributed by atoms with E-state index in [-0.39, 0.29) is 5.41 Å². The highest BCUT2D eigenvalue weighted by atomic mass is 15.1. The summed E-state index contributed by atoms with van der Waals surface area (Å²) < 4.78 is 0. The Hall–Kier alpha value is -10.3. The van der Waals surface area contributed by atoms with Crippen LogP contribution in [-0.2, 0) is 5.41 Å². The van der Waals surface area contributed by atoms with Gasteiger partial charge in [-0.1, -0.05) is 238 Å². The van der Waals surface area contributed by atoms with Gasteiger partial charge < -0.3 is 9.80 Å². The van der Waals surface area contributed by atoms with E-state index in [2.05, 4.69) is 340 Å². The minimum Gasteiger partial charge on any atom is -0.311 e. The van der Waals surface area contributed by atoms with Gasteiger partial charge in [0, 0.05) is 39.4 Å². The topological polar surface area (TPSA) is 6.48 Å². The molecule has 2 heteroatoms. The molecule has 0 N–H and O–H groups in total. The van der Waals surface area contributed by atoms with Crippen LogP contribution >= 0.6 is 0 Å². The zero-order valence-corrected chi connectivity index (χ0v) is 46.3. The molecular weight excluding hydrogens is 989 g/mol. The molecule has 0 spiro atoms. The van der Waals surface area contributed by atoms with Crippen LogP contribution in [0.2, 0.25) is 0 Å². The second kappa shape index (κ2) is 21.1. The Labute approximate surface area is 482 Å². The van der Waals surface area contributed by atoms with Crippen LogP contribution in [0.3, 0.4) is 0 Å². The van der Waals surface area contributed by atoms with Gasteiger partial charge in [0.05, 0.1) is 5.69 Å². The van der Waals surface area contributed by atoms with Crippen molar-refractivity contribution >= 4 is 44.9 Å². The molecule has 14 rings (SSSR count). The quantitative estimate of drug-likeness (QED) is 0.120. The molecule has 1 aliphatic rings. The molecule has 0 fully saturated rings. The molecule has 13 aromatic carbocycles. The van der Waals surface area contributed by atoms with Crippen LogP contribution < -0.4 is 9.80 Å². The standard InChI is InChI=1S/C80H60N2/c1-55-22-16-19-33-69(55)76-50-62-29-17-18-30-63(62)51-79(76)82(68-48-49-71-70-34-20-21-35-77(70)80(2,3)78(71)52-68)67-46-40-61(41-47-67)75-54-72(58-25-10-5-11-26-58)74(53-73(75)59-27-12-6-13-28-59)60-38-44-66(45-39-60)81(64-31-14-7-15-32-64)65-42-36-57(37-43-65)56-23-8-4-9-24-56/h4-54H,1-3H3. The predicted molar refractivity (Wildman–Crippen MR) is 348 cm³/mol. The first-order chi connectivity index (χ1) is 40.3. The summed E-state index contributed by atoms with van der Waals surface area (Å²) in [5.41, 5.74) is 27.1. The van der Waals surface area contributed by atoms with E-state index in [1.807, 2.05) is 0 Å². The molecule has 0 unspecified atom stereocenters. The first-order valence-corrected chi connectivity index (χ1v) is 28.5. The lowest BCUT2D eigenvalue weighted by molar-refractivity contribution is 0.660. The Balaban J connectivity index is 0.910. The smallest absolute Gasteiger partial charge is 0.0546 e. The van der Waals surface area contributed by atoms with Gasteiger partial charge in [-0.25, -0.2) is 0 Å². The van der Waals surface area contributed by atoms with Gasteiger partial charge in [-0.15, -0.1) is 0 Å². The van der Waals surface area contributed by atoms with Gasteiger partial charge in [0.1, 0.15) is 0 Å². The molecule has 82 heavy (non-hydrogen) atoms. The van der Waals surface area contributed by atoms with Crippen LogP contribution in [0.5, 0.6) is 0 Å². The Morgan fingerprint density at radius 2 is 0.610 bits per heavy atom. The van der Waals surface area contributed by atoms with Crippen molar-refractivity contribution < 1.29 is 0 Å². The van der Waals surface area contributed by atoms with Crippen LogP contribution in [0, 0.1) is 6.92 Å². The van der Waals surface area contributed by atoms with Crippen molar-refractivity contribution in [3.8, 4) is 77.9 Å². The summed E-state index contributed by atoms with van der Waals surface area (Å²) in [5.74, 6) is 0. The van der Waals surface area contributed by atoms with Crippen LogP contribution in [0.1, 0.15) is 30.5 Å². The van der Waals surface area contributed by atoms with E-state index in [1.165, 1.54) is 83.1 Å². The Kier molecular flexibility index (Phi) is 12.8. The summed E-state index contributed by atoms with van der Waals surface area (Å²) >= 11 is 0. The average molecular weight is 1050 g/mol. The Bertz CT molecular complexity index is 4430. The molecule has 0 bridgehead atoms. The van der Waals surface area contributed by atoms with Crippen molar-refractivity contribution in [1.82, 2.24) is 0 Å². The molecule has 2 nitrogen and oxygen atoms in total. The summed E-state index contributed by atoms with van der Waals surface area (Å²) in [6, 6.07) is 114. The molecule has 0 atom stereocenters. The highest BCUT2D eigenvalue weighted by molar-refractivity contribution is 6.01. The minimum absolute atomic E-state index is 0.170. The number of rotatable bonds is 12. The first-order valence-electron chi connectivity index (χ1n) is 28.5. The largest absolute Gasteiger partial charge is 0.311 e. The zero-order chi connectivity index (χ0) is 55.2. The monoisotopic (exact) mass is 1050 g/mol. The van der Waals surface area contributed by atoms with Crippen molar-refractivity contribution in [2.75, 3.05) is 9.80 Å². The molecule has 0 aliphatic heterocycles. The number of hydrogen-bond donors (Lipinski definition) is 0. The van der Waals surface area contributed by atoms with E-state index in [4.69, 9.17) is 0 Å². The second-order valence-electron chi connectivity index (χ2n) is 22.1. The van der Waals surface area contributed by atoms with Crippen LogP contribution in [0.15, 0.2) is 309 Å². The maximum atomic E-state index is 2.50. The average Bonchev–Trinajstić information content (AvgIpc) is 3.61. The Morgan fingerprint density at radius 3 is 1.16 bits per heavy atom. The number of hydrogen-bond acceptors (Lipinski definition) is 2. The molecule has 0 saturated carbocycles. The van der Waals surface area contributed by atoms with E-state index >= 15 is 0 Å². The van der Waals surface area contributed by atoms with Gasteiger partial charge in [0.15, 0.2) is 0 Å². The van der Waals surface area contributed by atoms with Gasteiger partial charge in [-0.3, -0.25) is 0 Å². The molecule has 0 amide bonds. The van der Waals surface area contributed by atoms with E-state index in [1.54, 1.807) is 0 Å². The fraction of sp³-hybridized carbons (Fsp3) is 0.0500. The molecule has 0 heterocycles. The summed E-state index contributed by atoms with van der Waals surface area (Å²) in [4.78, 5) is 4.84. The number of benzene rings is 13. The number of fused-ring (bicyclic) bond motifs is 4. The maximum Gasteiger partial charge on any atom is 0.0546 e. The molecule has 0 radical (unpaired) electrons. The van der Waals surface area contributed by atoms with Crippen molar-refractivity contribution in [3.63, 3.8) is 0 Å². The normalized spacial score (nSPS) is 12.2. The maximum absolute atomic E-state index is 2.50. The minimum atomic E-state index is -0.170. The predicted octanol–water partition coefficient (Wildman–Crippen LogP) is 22.4. The molecule has 0 saturated heterocycles. The summed E-state index contributed by atoms with van der Waals surface area (Å²) in [5, 5.41) is 2.41. The molecule has 0 aromatic heterocycles. The fourth-order valence-corrected chi connectivity index (χ4v) is 12.6. The van der Waals surface area contributed by atoms with Gasteiger partial charge in [-0.2, -0.15) is 0 Å². The van der Waals surface area contributed by atoms with Gasteiger partial charge in [-0.05, 0) is 192 Å². The van der Waals surface area contributed by atoms with Crippen molar-refractivity contribution in [3.05, 3.63) is 326 Å². The number of anilines is 6. The SMILES string of the molecule is Cc1ccccc1-c1cc2ccccc2cc1N(c1ccc(-c2cc(-c3ccccc3)c(-c3ccc(N(c4ccccc4)c4ccc(-c5ccccc5)cc4)cc3)cc2-c2ccccc2)cc1)c1ccc2c(c1)C(C)(C)c1ccccc1-2. The van der Waals surface area contributed by atoms with Crippen LogP contribution in [-0.4, -0.2) is 0 Å². The number of aryl methyl sites for hydroxylation is 1. The van der Waals surface area contributed by atoms with Crippen LogP contribution in [0.25, 0.3) is 88.7 Å². The summed E-state index contributed by atoms with van der Waals surface area (Å²) in [6.07, 6.45) is 0. The van der Waals surface area contributed by atoms with E-state index in [9.17, 15) is 0 Å². The lowest BCUT2D eigenvalue weighted by Crippen LogP contribution is -2.17. The van der Waals surface area contributed by atoms with Gasteiger partial charge >= 0.3 is 0 Å². The first kappa shape index (κ1) is 50.0. The lowest BCUT2D eigenvalue weighted by atomic mass is 9.82. The fourth-order valence-electron chi connectivity index (χ4n) is 12.6. The number of nitrogens with zero attached hydrogens (tertiary/aromatic N) is 2. The highest BCUT2D eigenvalue weighted by Crippen LogP contribution is 2.52. The molecule has 390 valence electrons. The van der Waals surface area contributed by atoms with Gasteiger partial charge in [0.25, 0.3) is 0 Å². The molecular formula is C80H60N2. The third-order valence-corrected chi connectivity index (χ3v) is 16.8. The molecule has 13 aromatic rings. The van der Waals surface area contributed by atoms with Gasteiger partial charge in [0.2, 0.25) is 0 Å². The van der Waals surface area contributed by atoms with Crippen molar-refractivity contribution in [1.29, 1.82) is 0 Å². The zero-order valence-electron chi connectivity index (χ0n) is 46.3. The summed E-state index contributed by atoms with van der Waals surface area (Å²) in [6.45, 7) is 6.97. The highest BCUT2D eigenvalue weighted by Gasteiger charge is 2.36. The van der Waals surface area contributed by atoms with E-state index in [0.29, 0.717) is 0 Å². The van der Waals surface area contributed by atoms with E-state index < -0.39 is 0 Å². The molecule has 1 aliphatic carbocycles. The third kappa shape index (κ3) is 9.15. The lowest BCUT2D eigenvalue weighted by Gasteiger charge is -2.30. The van der Waals surface area contributed by atoms with E-state index in [0.717, 1.165) is 56.4 Å². The van der Waals surface area contributed by atoms with Crippen LogP contribution in [0.4, 0.5) is 34.1 Å². The van der Waals surface area contributed by atoms with Crippen molar-refractivity contribution in [2.24, 2.45) is 0 Å². The third-order valence-electron chi connectivity index (χ3n) is 16.8.